The highest BCUT2D eigenvalue weighted by Gasteiger charge is 2.36. The van der Waals surface area contributed by atoms with Gasteiger partial charge >= 0.3 is 6.18 Å². The fraction of sp³-hybridized carbons (Fsp3) is 0.194. The number of hydrogen-bond acceptors (Lipinski definition) is 5. The van der Waals surface area contributed by atoms with Crippen LogP contribution in [0.25, 0.3) is 11.1 Å². The fourth-order valence-electron chi connectivity index (χ4n) is 5.29. The van der Waals surface area contributed by atoms with Crippen LogP contribution in [0.5, 0.6) is 0 Å². The van der Waals surface area contributed by atoms with E-state index in [0.717, 1.165) is 18.0 Å². The maximum Gasteiger partial charge on any atom is 0.416 e. The summed E-state index contributed by atoms with van der Waals surface area (Å²) >= 11 is 6.35. The first-order valence-corrected chi connectivity index (χ1v) is 13.8. The highest BCUT2D eigenvalue weighted by Crippen LogP contribution is 2.42. The number of benzene rings is 3. The second kappa shape index (κ2) is 11.5. The molecule has 6 rings (SSSR count). The van der Waals surface area contributed by atoms with Crippen LogP contribution in [0, 0.1) is 11.6 Å². The third kappa shape index (κ3) is 5.82. The normalized spacial score (nSPS) is 16.5. The summed E-state index contributed by atoms with van der Waals surface area (Å²) in [6.07, 6.45) is -3.30. The predicted molar refractivity (Wildman–Crippen MR) is 153 cm³/mol. The van der Waals surface area contributed by atoms with Gasteiger partial charge in [-0.25, -0.2) is 13.8 Å². The molecule has 3 aromatic carbocycles. The Labute approximate surface area is 252 Å². The van der Waals surface area contributed by atoms with Crippen molar-refractivity contribution in [3.8, 4) is 11.1 Å². The molecule has 1 saturated heterocycles. The molecule has 7 nitrogen and oxygen atoms in total. The van der Waals surface area contributed by atoms with Crippen molar-refractivity contribution in [2.45, 2.75) is 12.2 Å². The molecule has 226 valence electrons. The largest absolute Gasteiger partial charge is 0.416 e. The molecule has 2 N–H and O–H groups in total. The van der Waals surface area contributed by atoms with Gasteiger partial charge in [0.15, 0.2) is 0 Å². The molecular weight excluding hydrogens is 607 g/mol. The Bertz CT molecular complexity index is 1780. The molecule has 44 heavy (non-hydrogen) atoms. The number of halogens is 6. The van der Waals surface area contributed by atoms with E-state index in [1.165, 1.54) is 12.1 Å². The topological polar surface area (TPSA) is 83.6 Å². The highest BCUT2D eigenvalue weighted by atomic mass is 35.5. The molecule has 4 aromatic rings. The van der Waals surface area contributed by atoms with Crippen LogP contribution in [-0.4, -0.2) is 43.1 Å². The molecule has 0 bridgehead atoms. The van der Waals surface area contributed by atoms with Crippen LogP contribution < -0.4 is 15.5 Å². The van der Waals surface area contributed by atoms with E-state index in [1.54, 1.807) is 24.4 Å². The molecule has 1 unspecified atom stereocenters. The first-order valence-electron chi connectivity index (χ1n) is 13.4. The number of anilines is 2. The Morgan fingerprint density at radius 2 is 1.75 bits per heavy atom. The second-order valence-corrected chi connectivity index (χ2v) is 10.6. The Morgan fingerprint density at radius 3 is 2.45 bits per heavy atom. The number of carbonyl (C=O) groups is 2. The number of alkyl halides is 3. The summed E-state index contributed by atoms with van der Waals surface area (Å²) < 4.78 is 73.8. The Balaban J connectivity index is 1.44. The lowest BCUT2D eigenvalue weighted by Gasteiger charge is -2.27. The summed E-state index contributed by atoms with van der Waals surface area (Å²) in [5.41, 5.74) is -0.340. The van der Waals surface area contributed by atoms with Crippen molar-refractivity contribution in [1.82, 2.24) is 10.3 Å². The Hall–Kier alpha value is -4.55. The summed E-state index contributed by atoms with van der Waals surface area (Å²) in [6.45, 7) is 2.47. The molecule has 0 saturated carbocycles. The van der Waals surface area contributed by atoms with Gasteiger partial charge in [0.1, 0.15) is 17.5 Å². The average molecular weight is 629 g/mol. The van der Waals surface area contributed by atoms with Gasteiger partial charge in [-0.2, -0.15) is 13.2 Å². The van der Waals surface area contributed by atoms with E-state index in [1.807, 2.05) is 0 Å². The standard InChI is InChI=1S/C31H22ClF5N4O3/c32-24-3-2-20(33)14-22(24)28-27-23(30(43)40-28)11-17(16-1-4-26(38-15-16)41-5-7-44-8-6-41)12-25(27)39-29(42)18-9-19(31(35,36)37)13-21(34)10-18/h1-4,9-15,28H,5-8H2,(H,39,42)(H,40,43). The first-order chi connectivity index (χ1) is 21.0. The second-order valence-electron chi connectivity index (χ2n) is 10.2. The van der Waals surface area contributed by atoms with Gasteiger partial charge in [-0.3, -0.25) is 9.59 Å². The van der Waals surface area contributed by atoms with Gasteiger partial charge in [-0.1, -0.05) is 11.6 Å². The van der Waals surface area contributed by atoms with Gasteiger partial charge in [0.05, 0.1) is 24.8 Å². The zero-order valence-electron chi connectivity index (χ0n) is 22.6. The van der Waals surface area contributed by atoms with Crippen molar-refractivity contribution in [2.75, 3.05) is 36.5 Å². The van der Waals surface area contributed by atoms with Crippen molar-refractivity contribution in [3.63, 3.8) is 0 Å². The van der Waals surface area contributed by atoms with Gasteiger partial charge in [0.25, 0.3) is 11.8 Å². The third-order valence-electron chi connectivity index (χ3n) is 7.41. The lowest BCUT2D eigenvalue weighted by molar-refractivity contribution is -0.137. The van der Waals surface area contributed by atoms with E-state index >= 15 is 0 Å². The smallest absolute Gasteiger partial charge is 0.378 e. The maximum atomic E-state index is 14.2. The highest BCUT2D eigenvalue weighted by molar-refractivity contribution is 6.31. The number of pyridine rings is 1. The molecule has 3 heterocycles. The Morgan fingerprint density at radius 1 is 0.977 bits per heavy atom. The summed E-state index contributed by atoms with van der Waals surface area (Å²) in [4.78, 5) is 33.1. The number of morpholine rings is 1. The Kier molecular flexibility index (Phi) is 7.72. The number of nitrogens with zero attached hydrogens (tertiary/aromatic N) is 2. The molecule has 2 amide bonds. The van der Waals surface area contributed by atoms with Crippen molar-refractivity contribution >= 4 is 34.9 Å². The molecule has 0 spiro atoms. The van der Waals surface area contributed by atoms with Gasteiger partial charge in [0.2, 0.25) is 0 Å². The summed E-state index contributed by atoms with van der Waals surface area (Å²) in [7, 11) is 0. The van der Waals surface area contributed by atoms with Gasteiger partial charge in [0, 0.05) is 57.8 Å². The van der Waals surface area contributed by atoms with E-state index in [2.05, 4.69) is 20.5 Å². The number of carbonyl (C=O) groups excluding carboxylic acids is 2. The molecule has 1 aromatic heterocycles. The zero-order valence-corrected chi connectivity index (χ0v) is 23.4. The molecular formula is C31H22ClF5N4O3. The predicted octanol–water partition coefficient (Wildman–Crippen LogP) is 6.62. The SMILES string of the molecule is O=C(Nc1cc(-c2ccc(N3CCOCC3)nc2)cc2c1C(c1cc(F)ccc1Cl)NC2=O)c1cc(F)cc(C(F)(F)F)c1. The average Bonchev–Trinajstić information content (AvgIpc) is 3.34. The summed E-state index contributed by atoms with van der Waals surface area (Å²) in [6, 6.07) is 10.7. The van der Waals surface area contributed by atoms with Crippen LogP contribution in [0.1, 0.15) is 43.4 Å². The number of nitrogens with one attached hydrogen (secondary N) is 2. The number of amides is 2. The van der Waals surface area contributed by atoms with Crippen molar-refractivity contribution in [3.05, 3.63) is 111 Å². The van der Waals surface area contributed by atoms with Crippen LogP contribution in [-0.2, 0) is 10.9 Å². The molecule has 0 radical (unpaired) electrons. The van der Waals surface area contributed by atoms with Gasteiger partial charge in [-0.05, 0) is 66.2 Å². The number of ether oxygens (including phenoxy) is 1. The van der Waals surface area contributed by atoms with Crippen molar-refractivity contribution < 1.29 is 36.3 Å². The lowest BCUT2D eigenvalue weighted by atomic mass is 9.93. The minimum Gasteiger partial charge on any atom is -0.378 e. The maximum absolute atomic E-state index is 14.2. The van der Waals surface area contributed by atoms with E-state index < -0.39 is 46.8 Å². The molecule has 2 aliphatic rings. The van der Waals surface area contributed by atoms with Crippen LogP contribution in [0.3, 0.4) is 0 Å². The lowest BCUT2D eigenvalue weighted by Crippen LogP contribution is -2.36. The summed E-state index contributed by atoms with van der Waals surface area (Å²) in [5, 5.41) is 5.42. The van der Waals surface area contributed by atoms with Crippen molar-refractivity contribution in [1.29, 1.82) is 0 Å². The van der Waals surface area contributed by atoms with E-state index in [4.69, 9.17) is 16.3 Å². The molecule has 1 atom stereocenters. The quantitative estimate of drug-likeness (QED) is 0.243. The molecule has 0 aliphatic carbocycles. The van der Waals surface area contributed by atoms with Gasteiger partial charge < -0.3 is 20.3 Å². The van der Waals surface area contributed by atoms with Crippen LogP contribution in [0.4, 0.5) is 33.5 Å². The number of rotatable bonds is 5. The first kappa shape index (κ1) is 29.5. The van der Waals surface area contributed by atoms with Gasteiger partial charge in [-0.15, -0.1) is 0 Å². The third-order valence-corrected chi connectivity index (χ3v) is 7.75. The molecule has 13 heteroatoms. The molecule has 2 aliphatic heterocycles. The molecule has 1 fully saturated rings. The van der Waals surface area contributed by atoms with Crippen molar-refractivity contribution in [2.24, 2.45) is 0 Å². The monoisotopic (exact) mass is 628 g/mol. The van der Waals surface area contributed by atoms with Crippen LogP contribution >= 0.6 is 11.6 Å². The number of fused-ring (bicyclic) bond motifs is 1. The van der Waals surface area contributed by atoms with Crippen LogP contribution in [0.15, 0.2) is 66.9 Å². The summed E-state index contributed by atoms with van der Waals surface area (Å²) in [5.74, 6) is -2.77. The minimum atomic E-state index is -4.89. The number of hydrogen-bond donors (Lipinski definition) is 2. The fourth-order valence-corrected chi connectivity index (χ4v) is 5.51. The van der Waals surface area contributed by atoms with Crippen LogP contribution in [0.2, 0.25) is 5.02 Å². The minimum absolute atomic E-state index is 0.0289. The van der Waals surface area contributed by atoms with E-state index in [9.17, 15) is 31.5 Å². The zero-order chi connectivity index (χ0) is 31.2. The number of aromatic nitrogens is 1. The van der Waals surface area contributed by atoms with E-state index in [0.29, 0.717) is 49.6 Å². The van der Waals surface area contributed by atoms with E-state index in [-0.39, 0.29) is 33.5 Å².